The summed E-state index contributed by atoms with van der Waals surface area (Å²) in [7, 11) is 0. The summed E-state index contributed by atoms with van der Waals surface area (Å²) in [6, 6.07) is 6.70. The van der Waals surface area contributed by atoms with Gasteiger partial charge in [0.15, 0.2) is 6.54 Å². The normalized spacial score (nSPS) is 19.8. The number of carboxylic acids is 3. The molecular weight excluding hydrogens is 572 g/mol. The smallest absolute Gasteiger partial charge is 0.359 e. The van der Waals surface area contributed by atoms with Crippen LogP contribution in [0.15, 0.2) is 24.3 Å². The van der Waals surface area contributed by atoms with Crippen LogP contribution in [0, 0.1) is 0 Å². The summed E-state index contributed by atoms with van der Waals surface area (Å²) in [5.74, 6) is -1.94. The quantitative estimate of drug-likeness (QED) is 0.0966. The highest BCUT2D eigenvalue weighted by atomic mass is 16.5. The van der Waals surface area contributed by atoms with Crippen molar-refractivity contribution in [2.75, 3.05) is 85.1 Å². The number of carboxylic acid groups (broad SMARTS) is 3. The van der Waals surface area contributed by atoms with E-state index >= 15 is 0 Å². The number of ether oxygens (including phenoxy) is 1. The summed E-state index contributed by atoms with van der Waals surface area (Å²) in [6.45, 7) is 3.78. The molecular formula is C31H53N4O9+. The molecule has 13 nitrogen and oxygen atoms in total. The minimum Gasteiger partial charge on any atom is -0.508 e. The molecule has 2 rings (SSSR count). The second-order valence-corrected chi connectivity index (χ2v) is 11.9. The van der Waals surface area contributed by atoms with Gasteiger partial charge in [0.25, 0.3) is 0 Å². The van der Waals surface area contributed by atoms with E-state index in [1.54, 1.807) is 34.1 Å². The van der Waals surface area contributed by atoms with E-state index in [0.29, 0.717) is 65.4 Å². The number of aliphatic carboxylic acids is 3. The molecule has 1 aliphatic heterocycles. The summed E-state index contributed by atoms with van der Waals surface area (Å²) in [5.41, 5.74) is 0. The van der Waals surface area contributed by atoms with Crippen molar-refractivity contribution < 1.29 is 49.1 Å². The van der Waals surface area contributed by atoms with Crippen LogP contribution in [-0.2, 0) is 14.4 Å². The first kappa shape index (κ1) is 37.2. The molecule has 0 aromatic heterocycles. The summed E-state index contributed by atoms with van der Waals surface area (Å²) in [5, 5.41) is 52.0. The van der Waals surface area contributed by atoms with Gasteiger partial charge in [0.2, 0.25) is 0 Å². The highest BCUT2D eigenvalue weighted by molar-refractivity contribution is 5.69. The van der Waals surface area contributed by atoms with Crippen LogP contribution in [0.25, 0.3) is 0 Å². The molecule has 0 saturated carbocycles. The van der Waals surface area contributed by atoms with E-state index in [0.717, 1.165) is 50.7 Å². The molecule has 6 N–H and O–H groups in total. The number of hydrogen-bond acceptors (Lipinski definition) is 9. The first-order valence-corrected chi connectivity index (χ1v) is 15.8. The van der Waals surface area contributed by atoms with Gasteiger partial charge in [-0.1, -0.05) is 38.5 Å². The van der Waals surface area contributed by atoms with Crippen LogP contribution in [0.1, 0.15) is 51.4 Å². The number of nitrogens with one attached hydrogen (secondary N) is 1. The number of unbranched alkanes of at least 4 members (excludes halogenated alkanes) is 6. The predicted molar refractivity (Wildman–Crippen MR) is 165 cm³/mol. The topological polar surface area (TPSA) is 180 Å². The predicted octanol–water partition coefficient (Wildman–Crippen LogP) is 1.53. The fourth-order valence-corrected chi connectivity index (χ4v) is 5.68. The Bertz CT molecular complexity index is 981. The summed E-state index contributed by atoms with van der Waals surface area (Å²) >= 11 is 0. The number of quaternary nitrogens is 1. The largest absolute Gasteiger partial charge is 0.508 e. The van der Waals surface area contributed by atoms with E-state index in [1.165, 1.54) is 0 Å². The average Bonchev–Trinajstić information content (AvgIpc) is 2.94. The first-order chi connectivity index (χ1) is 21.1. The maximum atomic E-state index is 11.9. The van der Waals surface area contributed by atoms with E-state index in [4.69, 9.17) is 4.74 Å². The molecule has 0 radical (unpaired) electrons. The summed E-state index contributed by atoms with van der Waals surface area (Å²) < 4.78 is 5.82. The van der Waals surface area contributed by atoms with Crippen molar-refractivity contribution >= 4 is 17.9 Å². The number of phenolic OH excluding ortho intramolecular Hbond substituents is 1. The lowest BCUT2D eigenvalue weighted by atomic mass is 10.1. The van der Waals surface area contributed by atoms with E-state index in [-0.39, 0.29) is 36.4 Å². The first-order valence-electron chi connectivity index (χ1n) is 15.8. The number of carbonyl (C=O) groups is 3. The zero-order valence-corrected chi connectivity index (χ0v) is 25.9. The Balaban J connectivity index is 1.79. The van der Waals surface area contributed by atoms with Crippen LogP contribution in [-0.4, -0.2) is 149 Å². The van der Waals surface area contributed by atoms with E-state index in [1.807, 2.05) is 0 Å². The van der Waals surface area contributed by atoms with Crippen molar-refractivity contribution in [1.29, 1.82) is 0 Å². The number of aromatic hydroxyl groups is 1. The molecule has 1 saturated heterocycles. The van der Waals surface area contributed by atoms with Gasteiger partial charge in [-0.05, 0) is 37.1 Å². The highest BCUT2D eigenvalue weighted by Gasteiger charge is 2.34. The molecule has 0 spiro atoms. The van der Waals surface area contributed by atoms with Gasteiger partial charge < -0.3 is 40.1 Å². The van der Waals surface area contributed by atoms with Crippen molar-refractivity contribution in [1.82, 2.24) is 15.1 Å². The third-order valence-corrected chi connectivity index (χ3v) is 8.06. The van der Waals surface area contributed by atoms with Gasteiger partial charge in [0, 0.05) is 39.3 Å². The molecule has 0 aliphatic carbocycles. The fourth-order valence-electron chi connectivity index (χ4n) is 5.68. The zero-order chi connectivity index (χ0) is 32.2. The van der Waals surface area contributed by atoms with Gasteiger partial charge >= 0.3 is 17.9 Å². The molecule has 1 aliphatic rings. The lowest BCUT2D eigenvalue weighted by molar-refractivity contribution is -0.922. The molecule has 2 unspecified atom stereocenters. The molecule has 1 aromatic rings. The molecule has 0 bridgehead atoms. The molecule has 44 heavy (non-hydrogen) atoms. The van der Waals surface area contributed by atoms with E-state index < -0.39 is 24.0 Å². The van der Waals surface area contributed by atoms with Crippen LogP contribution < -0.4 is 10.1 Å². The van der Waals surface area contributed by atoms with E-state index in [9.17, 15) is 39.9 Å². The zero-order valence-electron chi connectivity index (χ0n) is 25.9. The Labute approximate surface area is 260 Å². The standard InChI is InChI=1S/C31H52N4O9/c36-26-9-11-28(12-10-26)44-21-7-5-3-1-2-4-6-8-27(37)24-35(25-31(42)43)19-14-32-13-15-33(22-29(38)39)16-17-34(18-20-35)23-30(40)41/h9-12,27,32,37H,1-8,13-25H2,(H3-,36,38,39,40,41,42,43)/p+1. The Hall–Kier alpha value is -2.97. The van der Waals surface area contributed by atoms with Crippen LogP contribution in [0.3, 0.4) is 0 Å². The molecule has 1 aromatic carbocycles. The number of rotatable bonds is 19. The number of benzene rings is 1. The molecule has 1 heterocycles. The molecule has 250 valence electrons. The van der Waals surface area contributed by atoms with Gasteiger partial charge in [-0.3, -0.25) is 19.4 Å². The average molecular weight is 626 g/mol. The number of phenols is 1. The van der Waals surface area contributed by atoms with Gasteiger partial charge in [-0.2, -0.15) is 0 Å². The Morgan fingerprint density at radius 3 is 1.98 bits per heavy atom. The van der Waals surface area contributed by atoms with Crippen LogP contribution >= 0.6 is 0 Å². The number of aliphatic hydroxyl groups is 1. The van der Waals surface area contributed by atoms with Crippen LogP contribution in [0.2, 0.25) is 0 Å². The van der Waals surface area contributed by atoms with Crippen LogP contribution in [0.5, 0.6) is 11.5 Å². The van der Waals surface area contributed by atoms with Crippen molar-refractivity contribution in [3.8, 4) is 11.5 Å². The number of hydrogen-bond donors (Lipinski definition) is 6. The minimum atomic E-state index is -0.998. The van der Waals surface area contributed by atoms with Gasteiger partial charge in [0.1, 0.15) is 24.1 Å². The molecule has 2 atom stereocenters. The van der Waals surface area contributed by atoms with E-state index in [2.05, 4.69) is 5.32 Å². The third kappa shape index (κ3) is 16.8. The lowest BCUT2D eigenvalue weighted by Gasteiger charge is -2.40. The summed E-state index contributed by atoms with van der Waals surface area (Å²) in [6.07, 6.45) is 7.05. The SMILES string of the molecule is O=C(O)CN1CCNCC[N+](CC(=O)O)(CC(O)CCCCCCCCCOc2ccc(O)cc2)CCN(CC(=O)O)CC1. The number of aliphatic hydroxyl groups excluding tert-OH is 1. The van der Waals surface area contributed by atoms with Crippen LogP contribution in [0.4, 0.5) is 0 Å². The molecule has 1 fully saturated rings. The van der Waals surface area contributed by atoms with Crippen molar-refractivity contribution in [2.24, 2.45) is 0 Å². The maximum Gasteiger partial charge on any atom is 0.359 e. The second-order valence-electron chi connectivity index (χ2n) is 11.9. The maximum absolute atomic E-state index is 11.9. The Morgan fingerprint density at radius 2 is 1.36 bits per heavy atom. The molecule has 13 heteroatoms. The minimum absolute atomic E-state index is 0.134. The van der Waals surface area contributed by atoms with Crippen molar-refractivity contribution in [2.45, 2.75) is 57.5 Å². The van der Waals surface area contributed by atoms with Gasteiger partial charge in [0.05, 0.1) is 32.8 Å². The van der Waals surface area contributed by atoms with Gasteiger partial charge in [-0.25, -0.2) is 4.79 Å². The Kier molecular flexibility index (Phi) is 17.7. The second kappa shape index (κ2) is 20.9. The van der Waals surface area contributed by atoms with Crippen molar-refractivity contribution in [3.63, 3.8) is 0 Å². The Morgan fingerprint density at radius 1 is 0.773 bits per heavy atom. The number of nitrogens with zero attached hydrogens (tertiary/aromatic N) is 3. The highest BCUT2D eigenvalue weighted by Crippen LogP contribution is 2.17. The van der Waals surface area contributed by atoms with Crippen molar-refractivity contribution in [3.05, 3.63) is 24.3 Å². The lowest BCUT2D eigenvalue weighted by Crippen LogP contribution is -2.60. The third-order valence-electron chi connectivity index (χ3n) is 8.06. The van der Waals surface area contributed by atoms with Gasteiger partial charge in [-0.15, -0.1) is 0 Å². The monoisotopic (exact) mass is 625 g/mol. The summed E-state index contributed by atoms with van der Waals surface area (Å²) in [4.78, 5) is 38.2. The fraction of sp³-hybridized carbons (Fsp3) is 0.710. The molecule has 0 amide bonds.